The van der Waals surface area contributed by atoms with E-state index in [1.165, 1.54) is 0 Å². The summed E-state index contributed by atoms with van der Waals surface area (Å²) in [5, 5.41) is 0.897. The molecule has 2 N–H and O–H groups in total. The highest BCUT2D eigenvalue weighted by atomic mass is 15.0. The normalized spacial score (nSPS) is 10.9. The number of fused-ring (bicyclic) bond motifs is 1. The minimum atomic E-state index is 0.320. The molecule has 5 nitrogen and oxygen atoms in total. The van der Waals surface area contributed by atoms with Gasteiger partial charge in [-0.25, -0.2) is 15.0 Å². The van der Waals surface area contributed by atoms with Crippen molar-refractivity contribution < 1.29 is 0 Å². The molecule has 0 unspecified atom stereocenters. The van der Waals surface area contributed by atoms with E-state index >= 15 is 0 Å². The van der Waals surface area contributed by atoms with E-state index in [0.717, 1.165) is 11.1 Å². The number of hydrogen-bond acceptors (Lipinski definition) is 4. The first kappa shape index (κ1) is 13.0. The minimum Gasteiger partial charge on any atom is -0.381 e. The van der Waals surface area contributed by atoms with Crippen molar-refractivity contribution >= 4 is 16.9 Å². The van der Waals surface area contributed by atoms with Gasteiger partial charge in [-0.3, -0.25) is 4.99 Å². The lowest BCUT2D eigenvalue weighted by Crippen LogP contribution is -2.16. The molecule has 0 saturated heterocycles. The summed E-state index contributed by atoms with van der Waals surface area (Å²) in [6, 6.07) is 3.85. The van der Waals surface area contributed by atoms with Gasteiger partial charge in [-0.2, -0.15) is 0 Å². The molecule has 0 aliphatic rings. The molecule has 0 fully saturated rings. The zero-order valence-electron chi connectivity index (χ0n) is 10.6. The van der Waals surface area contributed by atoms with Gasteiger partial charge >= 0.3 is 0 Å². The lowest BCUT2D eigenvalue weighted by Gasteiger charge is -2.00. The molecule has 0 radical (unpaired) electrons. The summed E-state index contributed by atoms with van der Waals surface area (Å²) >= 11 is 0. The van der Waals surface area contributed by atoms with Gasteiger partial charge in [0.05, 0.1) is 0 Å². The van der Waals surface area contributed by atoms with Crippen LogP contribution in [-0.4, -0.2) is 27.8 Å². The van der Waals surface area contributed by atoms with Gasteiger partial charge in [0.1, 0.15) is 0 Å². The van der Waals surface area contributed by atoms with Crippen molar-refractivity contribution in [3.05, 3.63) is 29.8 Å². The summed E-state index contributed by atoms with van der Waals surface area (Å²) in [5.74, 6) is 0.739. The number of pyridine rings is 1. The molecule has 0 spiro atoms. The van der Waals surface area contributed by atoms with E-state index in [2.05, 4.69) is 19.9 Å². The van der Waals surface area contributed by atoms with Crippen LogP contribution in [0.3, 0.4) is 0 Å². The summed E-state index contributed by atoms with van der Waals surface area (Å²) < 4.78 is 0. The molecule has 2 aromatic heterocycles. The van der Waals surface area contributed by atoms with E-state index < -0.39 is 0 Å². The molecule has 0 bridgehead atoms. The first-order valence-corrected chi connectivity index (χ1v) is 5.54. The highest BCUT2D eigenvalue weighted by Gasteiger charge is 2.04. The van der Waals surface area contributed by atoms with Gasteiger partial charge in [0.2, 0.25) is 0 Å². The largest absolute Gasteiger partial charge is 0.381 e. The van der Waals surface area contributed by atoms with E-state index in [1.54, 1.807) is 13.2 Å². The fraction of sp³-hybridized carbons (Fsp3) is 0.333. The molecule has 0 saturated carbocycles. The molecule has 0 aliphatic heterocycles. The molecule has 0 amide bonds. The quantitative estimate of drug-likeness (QED) is 0.598. The second-order valence-electron chi connectivity index (χ2n) is 3.17. The molecule has 90 valence electrons. The summed E-state index contributed by atoms with van der Waals surface area (Å²) in [6.45, 7) is 5.92. The topological polar surface area (TPSA) is 77.0 Å². The van der Waals surface area contributed by atoms with E-state index in [-0.39, 0.29) is 0 Å². The maximum atomic E-state index is 5.62. The first-order chi connectivity index (χ1) is 8.20. The molecule has 2 rings (SSSR count). The zero-order valence-corrected chi connectivity index (χ0v) is 10.6. The Morgan fingerprint density at radius 3 is 2.59 bits per heavy atom. The Morgan fingerprint density at radius 2 is 1.94 bits per heavy atom. The Labute approximate surface area is 101 Å². The minimum absolute atomic E-state index is 0.320. The standard InChI is InChI=1S/C10H11N5.C2H6/c1-6-3-4-7-5-13-10(8(11)12-2)15-9(7)14-6;1-2/h3-5H,1-2H3,(H2,11,12);1-2H3. The van der Waals surface area contributed by atoms with Crippen LogP contribution in [0, 0.1) is 6.92 Å². The van der Waals surface area contributed by atoms with Gasteiger partial charge in [-0.15, -0.1) is 0 Å². The summed E-state index contributed by atoms with van der Waals surface area (Å²) in [7, 11) is 1.60. The zero-order chi connectivity index (χ0) is 12.8. The average molecular weight is 231 g/mol. The second-order valence-corrected chi connectivity index (χ2v) is 3.17. The van der Waals surface area contributed by atoms with E-state index in [1.807, 2.05) is 32.9 Å². The average Bonchev–Trinajstić information content (AvgIpc) is 2.39. The molecule has 17 heavy (non-hydrogen) atoms. The van der Waals surface area contributed by atoms with Crippen LogP contribution < -0.4 is 5.73 Å². The summed E-state index contributed by atoms with van der Waals surface area (Å²) in [4.78, 5) is 16.5. The summed E-state index contributed by atoms with van der Waals surface area (Å²) in [5.41, 5.74) is 7.18. The smallest absolute Gasteiger partial charge is 0.196 e. The van der Waals surface area contributed by atoms with Crippen LogP contribution in [0.1, 0.15) is 25.4 Å². The van der Waals surface area contributed by atoms with Crippen LogP contribution in [0.5, 0.6) is 0 Å². The van der Waals surface area contributed by atoms with Crippen molar-refractivity contribution in [1.82, 2.24) is 15.0 Å². The van der Waals surface area contributed by atoms with Gasteiger partial charge in [0.15, 0.2) is 17.3 Å². The Balaban J connectivity index is 0.000000686. The SMILES string of the molecule is CC.CN=C(N)c1ncc2ccc(C)nc2n1. The third-order valence-corrected chi connectivity index (χ3v) is 2.05. The Hall–Kier alpha value is -2.04. The summed E-state index contributed by atoms with van der Waals surface area (Å²) in [6.07, 6.45) is 1.70. The Kier molecular flexibility index (Phi) is 4.51. The van der Waals surface area contributed by atoms with Gasteiger partial charge in [0.25, 0.3) is 0 Å². The van der Waals surface area contributed by atoms with E-state index in [0.29, 0.717) is 17.3 Å². The van der Waals surface area contributed by atoms with Gasteiger partial charge in [0, 0.05) is 24.3 Å². The van der Waals surface area contributed by atoms with Crippen LogP contribution >= 0.6 is 0 Å². The molecule has 2 heterocycles. The fourth-order valence-electron chi connectivity index (χ4n) is 1.23. The van der Waals surface area contributed by atoms with E-state index in [9.17, 15) is 0 Å². The Bertz CT molecular complexity index is 533. The number of hydrogen-bond donors (Lipinski definition) is 1. The van der Waals surface area contributed by atoms with Crippen molar-refractivity contribution in [3.63, 3.8) is 0 Å². The third-order valence-electron chi connectivity index (χ3n) is 2.05. The molecular formula is C12H17N5. The number of aryl methyl sites for hydroxylation is 1. The van der Waals surface area contributed by atoms with Crippen molar-refractivity contribution in [2.24, 2.45) is 10.7 Å². The predicted molar refractivity (Wildman–Crippen MR) is 70.1 cm³/mol. The number of nitrogens with zero attached hydrogens (tertiary/aromatic N) is 4. The monoisotopic (exact) mass is 231 g/mol. The highest BCUT2D eigenvalue weighted by Crippen LogP contribution is 2.08. The molecule has 5 heteroatoms. The van der Waals surface area contributed by atoms with E-state index in [4.69, 9.17) is 5.73 Å². The number of aliphatic imine (C=N–C) groups is 1. The van der Waals surface area contributed by atoms with Crippen LogP contribution in [0.2, 0.25) is 0 Å². The van der Waals surface area contributed by atoms with Crippen LogP contribution in [0.15, 0.2) is 23.3 Å². The number of rotatable bonds is 1. The van der Waals surface area contributed by atoms with Crippen molar-refractivity contribution in [2.75, 3.05) is 7.05 Å². The maximum absolute atomic E-state index is 5.62. The van der Waals surface area contributed by atoms with Crippen LogP contribution in [-0.2, 0) is 0 Å². The third kappa shape index (κ3) is 2.96. The number of nitrogens with two attached hydrogens (primary N) is 1. The van der Waals surface area contributed by atoms with Crippen LogP contribution in [0.4, 0.5) is 0 Å². The molecule has 2 aromatic rings. The van der Waals surface area contributed by atoms with Gasteiger partial charge in [-0.05, 0) is 19.1 Å². The predicted octanol–water partition coefficient (Wildman–Crippen LogP) is 1.69. The Morgan fingerprint density at radius 1 is 1.24 bits per heavy atom. The number of amidine groups is 1. The second kappa shape index (κ2) is 5.89. The van der Waals surface area contributed by atoms with Crippen molar-refractivity contribution in [2.45, 2.75) is 20.8 Å². The lowest BCUT2D eigenvalue weighted by molar-refractivity contribution is 1.11. The molecule has 0 aromatic carbocycles. The molecular weight excluding hydrogens is 214 g/mol. The van der Waals surface area contributed by atoms with Crippen molar-refractivity contribution in [3.8, 4) is 0 Å². The highest BCUT2D eigenvalue weighted by molar-refractivity contribution is 5.95. The van der Waals surface area contributed by atoms with Gasteiger partial charge < -0.3 is 5.73 Å². The van der Waals surface area contributed by atoms with Gasteiger partial charge in [-0.1, -0.05) is 13.8 Å². The fourth-order valence-corrected chi connectivity index (χ4v) is 1.23. The molecule has 0 aliphatic carbocycles. The maximum Gasteiger partial charge on any atom is 0.196 e. The van der Waals surface area contributed by atoms with Crippen LogP contribution in [0.25, 0.3) is 11.0 Å². The number of aromatic nitrogens is 3. The molecule has 0 atom stereocenters. The first-order valence-electron chi connectivity index (χ1n) is 5.54. The lowest BCUT2D eigenvalue weighted by atomic mass is 10.3. The van der Waals surface area contributed by atoms with Crippen molar-refractivity contribution in [1.29, 1.82) is 0 Å².